The Morgan fingerprint density at radius 1 is 1.00 bits per heavy atom. The van der Waals surface area contributed by atoms with E-state index < -0.39 is 0 Å². The normalized spacial score (nSPS) is 9.67. The molecule has 48 valence electrons. The first-order valence-corrected chi connectivity index (χ1v) is 4.67. The Balaban J connectivity index is 3.17. The number of rotatable bonds is 0. The molecular weight excluding hydrogens is 218 g/mol. The predicted molar refractivity (Wildman–Crippen MR) is 44.1 cm³/mol. The molecule has 0 bridgehead atoms. The van der Waals surface area contributed by atoms with Crippen molar-refractivity contribution in [2.24, 2.45) is 0 Å². The minimum absolute atomic E-state index is 1.23. The van der Waals surface area contributed by atoms with Crippen molar-refractivity contribution in [3.05, 3.63) is 29.3 Å². The zero-order valence-corrected chi connectivity index (χ0v) is 9.11. The summed E-state index contributed by atoms with van der Waals surface area (Å²) in [6, 6.07) is 6.70. The second-order valence-electron chi connectivity index (χ2n) is 2.42. The van der Waals surface area contributed by atoms with Crippen LogP contribution in [0.4, 0.5) is 0 Å². The third-order valence-electron chi connectivity index (χ3n) is 1.24. The molecule has 1 rings (SSSR count). The van der Waals surface area contributed by atoms with E-state index in [0.717, 1.165) is 0 Å². The summed E-state index contributed by atoms with van der Waals surface area (Å²) in [7, 11) is 0. The van der Waals surface area contributed by atoms with E-state index in [0.29, 0.717) is 0 Å². The molecule has 0 atom stereocenters. The van der Waals surface area contributed by atoms with Crippen molar-refractivity contribution in [2.45, 2.75) is 13.8 Å². The van der Waals surface area contributed by atoms with Gasteiger partial charge in [0.15, 0.2) is 0 Å². The second kappa shape index (κ2) is 2.75. The minimum atomic E-state index is 1.23. The summed E-state index contributed by atoms with van der Waals surface area (Å²) >= 11 is 1.23. The molecule has 0 N–H and O–H groups in total. The van der Waals surface area contributed by atoms with Gasteiger partial charge in [-0.2, -0.15) is 0 Å². The maximum absolute atomic E-state index is 2.25. The summed E-state index contributed by atoms with van der Waals surface area (Å²) < 4.78 is 1.48. The summed E-state index contributed by atoms with van der Waals surface area (Å²) in [5.41, 5.74) is 2.77. The predicted octanol–water partition coefficient (Wildman–Crippen LogP) is 0.562. The molecule has 0 spiro atoms. The summed E-state index contributed by atoms with van der Waals surface area (Å²) in [4.78, 5) is 0. The molecule has 0 unspecified atom stereocenters. The van der Waals surface area contributed by atoms with E-state index in [-0.39, 0.29) is 0 Å². The van der Waals surface area contributed by atoms with Gasteiger partial charge in [0.25, 0.3) is 0 Å². The fourth-order valence-corrected chi connectivity index (χ4v) is 2.51. The molecule has 0 aliphatic carbocycles. The van der Waals surface area contributed by atoms with Crippen LogP contribution in [0.5, 0.6) is 0 Å². The Kier molecular flexibility index (Phi) is 2.18. The number of benzene rings is 1. The van der Waals surface area contributed by atoms with E-state index >= 15 is 0 Å². The quantitative estimate of drug-likeness (QED) is 0.570. The molecule has 0 aliphatic rings. The van der Waals surface area contributed by atoms with Crippen LogP contribution < -0.4 is 3.51 Å². The van der Waals surface area contributed by atoms with E-state index in [4.69, 9.17) is 0 Å². The molecule has 0 aliphatic heterocycles. The molecule has 0 saturated heterocycles. The first-order chi connectivity index (χ1) is 4.18. The SMILES string of the molecule is Cc1cc(C)c[c]([SbH2])c1. The van der Waals surface area contributed by atoms with Crippen LogP contribution in [0.2, 0.25) is 0 Å². The maximum atomic E-state index is 2.25. The molecule has 1 heteroatoms. The van der Waals surface area contributed by atoms with Gasteiger partial charge >= 0.3 is 69.7 Å². The van der Waals surface area contributed by atoms with Gasteiger partial charge in [0.1, 0.15) is 0 Å². The topological polar surface area (TPSA) is 0 Å². The Morgan fingerprint density at radius 2 is 1.44 bits per heavy atom. The zero-order valence-electron chi connectivity index (χ0n) is 5.81. The number of hydrogen-bond acceptors (Lipinski definition) is 0. The van der Waals surface area contributed by atoms with Crippen LogP contribution in [0.3, 0.4) is 0 Å². The molecule has 1 aromatic carbocycles. The Bertz CT molecular complexity index is 165. The van der Waals surface area contributed by atoms with Crippen molar-refractivity contribution < 1.29 is 0 Å². The molecule has 0 heterocycles. The van der Waals surface area contributed by atoms with Crippen LogP contribution in [0.25, 0.3) is 0 Å². The van der Waals surface area contributed by atoms with Crippen LogP contribution in [0, 0.1) is 13.8 Å². The average Bonchev–Trinajstić information content (AvgIpc) is 1.59. The molecule has 9 heavy (non-hydrogen) atoms. The van der Waals surface area contributed by atoms with Crippen molar-refractivity contribution in [2.75, 3.05) is 0 Å². The van der Waals surface area contributed by atoms with Gasteiger partial charge in [0.05, 0.1) is 0 Å². The van der Waals surface area contributed by atoms with Gasteiger partial charge in [0.2, 0.25) is 0 Å². The summed E-state index contributed by atoms with van der Waals surface area (Å²) in [5.74, 6) is 0. The fraction of sp³-hybridized carbons (Fsp3) is 0.250. The van der Waals surface area contributed by atoms with Crippen molar-refractivity contribution in [3.63, 3.8) is 0 Å². The zero-order chi connectivity index (χ0) is 6.85. The van der Waals surface area contributed by atoms with Crippen molar-refractivity contribution in [1.82, 2.24) is 0 Å². The molecule has 0 amide bonds. The Labute approximate surface area is 69.8 Å². The van der Waals surface area contributed by atoms with Crippen LogP contribution in [-0.4, -0.2) is 23.0 Å². The van der Waals surface area contributed by atoms with Crippen molar-refractivity contribution >= 4 is 26.5 Å². The molecule has 0 nitrogen and oxygen atoms in total. The third-order valence-corrected chi connectivity index (χ3v) is 2.20. The fourth-order valence-electron chi connectivity index (χ4n) is 1.01. The Morgan fingerprint density at radius 3 is 1.78 bits per heavy atom. The standard InChI is InChI=1S/C8H9.Sb.2H/c1-7-4-3-5-8(2)6-7;;;/h4-6H,1-2H3;;;. The first kappa shape index (κ1) is 7.15. The first-order valence-electron chi connectivity index (χ1n) is 3.02. The van der Waals surface area contributed by atoms with Gasteiger partial charge in [-0.15, -0.1) is 0 Å². The number of aryl methyl sites for hydroxylation is 2. The van der Waals surface area contributed by atoms with E-state index in [1.54, 1.807) is 0 Å². The van der Waals surface area contributed by atoms with Crippen molar-refractivity contribution in [3.8, 4) is 0 Å². The van der Waals surface area contributed by atoms with Crippen LogP contribution in [0.1, 0.15) is 11.1 Å². The van der Waals surface area contributed by atoms with Gasteiger partial charge in [0, 0.05) is 0 Å². The van der Waals surface area contributed by atoms with Crippen LogP contribution >= 0.6 is 0 Å². The second-order valence-corrected chi connectivity index (χ2v) is 4.32. The van der Waals surface area contributed by atoms with Crippen LogP contribution in [0.15, 0.2) is 18.2 Å². The summed E-state index contributed by atoms with van der Waals surface area (Å²) in [6.45, 7) is 4.29. The average molecular weight is 229 g/mol. The molecule has 0 saturated carbocycles. The van der Waals surface area contributed by atoms with E-state index in [2.05, 4.69) is 32.0 Å². The van der Waals surface area contributed by atoms with E-state index in [1.165, 1.54) is 37.7 Å². The van der Waals surface area contributed by atoms with E-state index in [9.17, 15) is 0 Å². The van der Waals surface area contributed by atoms with E-state index in [1.807, 2.05) is 0 Å². The monoisotopic (exact) mass is 228 g/mol. The van der Waals surface area contributed by atoms with Crippen LogP contribution in [-0.2, 0) is 0 Å². The molecule has 1 aromatic rings. The number of hydrogen-bond donors (Lipinski definition) is 0. The third kappa shape index (κ3) is 2.02. The molecule has 0 aromatic heterocycles. The molecular formula is C8H11Sb. The van der Waals surface area contributed by atoms with Crippen molar-refractivity contribution in [1.29, 1.82) is 0 Å². The van der Waals surface area contributed by atoms with Gasteiger partial charge in [-0.1, -0.05) is 0 Å². The summed E-state index contributed by atoms with van der Waals surface area (Å²) in [5, 5.41) is 0. The molecule has 0 radical (unpaired) electrons. The van der Waals surface area contributed by atoms with Gasteiger partial charge in [-0.25, -0.2) is 0 Å². The van der Waals surface area contributed by atoms with Gasteiger partial charge in [-0.05, 0) is 0 Å². The van der Waals surface area contributed by atoms with Gasteiger partial charge in [-0.3, -0.25) is 0 Å². The Hall–Kier alpha value is 0.0382. The van der Waals surface area contributed by atoms with Gasteiger partial charge < -0.3 is 0 Å². The molecule has 0 fully saturated rings. The summed E-state index contributed by atoms with van der Waals surface area (Å²) in [6.07, 6.45) is 0.